The quantitative estimate of drug-likeness (QED) is 0.839. The summed E-state index contributed by atoms with van der Waals surface area (Å²) in [4.78, 5) is 6.24. The average Bonchev–Trinajstić information content (AvgIpc) is 2.46. The monoisotopic (exact) mass is 294 g/mol. The summed E-state index contributed by atoms with van der Waals surface area (Å²) in [6.45, 7) is 3.66. The number of aromatic nitrogens is 1. The molecule has 1 heterocycles. The third-order valence-electron chi connectivity index (χ3n) is 3.31. The van der Waals surface area contributed by atoms with Crippen LogP contribution < -0.4 is 0 Å². The number of benzene rings is 1. The van der Waals surface area contributed by atoms with Gasteiger partial charge in [-0.05, 0) is 42.9 Å². The molecule has 0 aliphatic carbocycles. The first-order valence-corrected chi connectivity index (χ1v) is 6.70. The highest BCUT2D eigenvalue weighted by Crippen LogP contribution is 2.32. The molecule has 0 aliphatic rings. The van der Waals surface area contributed by atoms with Crippen molar-refractivity contribution in [1.29, 1.82) is 0 Å². The first-order valence-electron chi connectivity index (χ1n) is 6.70. The van der Waals surface area contributed by atoms with Crippen LogP contribution in [0.4, 0.5) is 13.2 Å². The average molecular weight is 294 g/mol. The summed E-state index contributed by atoms with van der Waals surface area (Å²) in [7, 11) is 1.98. The lowest BCUT2D eigenvalue weighted by molar-refractivity contribution is -0.137. The molecule has 0 atom stereocenters. The lowest BCUT2D eigenvalue weighted by atomic mass is 10.0. The van der Waals surface area contributed by atoms with Crippen molar-refractivity contribution in [1.82, 2.24) is 9.88 Å². The Hall–Kier alpha value is -1.88. The minimum Gasteiger partial charge on any atom is -0.302 e. The summed E-state index contributed by atoms with van der Waals surface area (Å²) in [5, 5.41) is 0. The van der Waals surface area contributed by atoms with Crippen LogP contribution in [0.3, 0.4) is 0 Å². The smallest absolute Gasteiger partial charge is 0.302 e. The van der Waals surface area contributed by atoms with E-state index in [2.05, 4.69) is 9.88 Å². The molecule has 112 valence electrons. The van der Waals surface area contributed by atoms with Gasteiger partial charge in [0, 0.05) is 24.5 Å². The maximum atomic E-state index is 12.8. The molecule has 2 aromatic rings. The van der Waals surface area contributed by atoms with Gasteiger partial charge in [-0.1, -0.05) is 19.1 Å². The minimum absolute atomic E-state index is 0.526. The molecule has 0 unspecified atom stereocenters. The molecule has 0 saturated carbocycles. The summed E-state index contributed by atoms with van der Waals surface area (Å²) in [5.74, 6) is 0. The van der Waals surface area contributed by atoms with Crippen LogP contribution in [-0.2, 0) is 12.7 Å². The van der Waals surface area contributed by atoms with Gasteiger partial charge in [0.1, 0.15) is 0 Å². The molecule has 1 aromatic carbocycles. The topological polar surface area (TPSA) is 16.1 Å². The molecule has 0 aliphatic heterocycles. The van der Waals surface area contributed by atoms with E-state index in [1.54, 1.807) is 18.5 Å². The Bertz CT molecular complexity index is 608. The zero-order chi connectivity index (χ0) is 15.5. The number of halogens is 3. The summed E-state index contributed by atoms with van der Waals surface area (Å²) in [6.07, 6.45) is -1.00. The summed E-state index contributed by atoms with van der Waals surface area (Å²) < 4.78 is 38.3. The molecule has 1 aromatic heterocycles. The fourth-order valence-electron chi connectivity index (χ4n) is 2.03. The normalized spacial score (nSPS) is 11.9. The van der Waals surface area contributed by atoms with Gasteiger partial charge in [0.2, 0.25) is 0 Å². The van der Waals surface area contributed by atoms with Crippen LogP contribution in [0.5, 0.6) is 0 Å². The third kappa shape index (κ3) is 4.04. The Morgan fingerprint density at radius 2 is 1.86 bits per heavy atom. The Morgan fingerprint density at radius 3 is 2.52 bits per heavy atom. The van der Waals surface area contributed by atoms with Crippen LogP contribution >= 0.6 is 0 Å². The molecule has 2 nitrogen and oxygen atoms in total. The molecular weight excluding hydrogens is 277 g/mol. The van der Waals surface area contributed by atoms with Crippen LogP contribution in [0.25, 0.3) is 11.1 Å². The van der Waals surface area contributed by atoms with E-state index in [1.165, 1.54) is 6.07 Å². The van der Waals surface area contributed by atoms with Crippen LogP contribution in [0.2, 0.25) is 0 Å². The van der Waals surface area contributed by atoms with Gasteiger partial charge in [-0.3, -0.25) is 4.98 Å². The number of pyridine rings is 1. The number of hydrogen-bond donors (Lipinski definition) is 0. The molecule has 0 fully saturated rings. The molecule has 0 spiro atoms. The van der Waals surface area contributed by atoms with E-state index in [4.69, 9.17) is 0 Å². The van der Waals surface area contributed by atoms with Crippen molar-refractivity contribution in [3.8, 4) is 11.1 Å². The highest BCUT2D eigenvalue weighted by atomic mass is 19.4. The van der Waals surface area contributed by atoms with Gasteiger partial charge in [-0.2, -0.15) is 13.2 Å². The Balaban J connectivity index is 2.32. The van der Waals surface area contributed by atoms with Gasteiger partial charge < -0.3 is 4.90 Å². The molecule has 0 saturated heterocycles. The fraction of sp³-hybridized carbons (Fsp3) is 0.312. The molecule has 5 heteroatoms. The minimum atomic E-state index is -4.33. The summed E-state index contributed by atoms with van der Waals surface area (Å²) in [6, 6.07) is 7.20. The maximum absolute atomic E-state index is 12.8. The lowest BCUT2D eigenvalue weighted by Crippen LogP contribution is -2.16. The van der Waals surface area contributed by atoms with Crippen LogP contribution in [0.15, 0.2) is 42.7 Å². The van der Waals surface area contributed by atoms with Crippen molar-refractivity contribution in [2.24, 2.45) is 0 Å². The van der Waals surface area contributed by atoms with Gasteiger partial charge >= 0.3 is 6.18 Å². The first kappa shape index (κ1) is 15.5. The van der Waals surface area contributed by atoms with Gasteiger partial charge in [-0.15, -0.1) is 0 Å². The number of hydrogen-bond acceptors (Lipinski definition) is 2. The Morgan fingerprint density at radius 1 is 1.10 bits per heavy atom. The highest BCUT2D eigenvalue weighted by molar-refractivity contribution is 5.64. The number of nitrogens with zero attached hydrogens (tertiary/aromatic N) is 2. The van der Waals surface area contributed by atoms with E-state index >= 15 is 0 Å². The predicted molar refractivity (Wildman–Crippen MR) is 76.7 cm³/mol. The van der Waals surface area contributed by atoms with E-state index in [9.17, 15) is 13.2 Å². The summed E-state index contributed by atoms with van der Waals surface area (Å²) in [5.41, 5.74) is 1.56. The van der Waals surface area contributed by atoms with E-state index < -0.39 is 11.7 Å². The van der Waals surface area contributed by atoms with E-state index in [0.717, 1.165) is 30.8 Å². The zero-order valence-electron chi connectivity index (χ0n) is 12.0. The summed E-state index contributed by atoms with van der Waals surface area (Å²) >= 11 is 0. The fourth-order valence-corrected chi connectivity index (χ4v) is 2.03. The second-order valence-electron chi connectivity index (χ2n) is 4.99. The van der Waals surface area contributed by atoms with E-state index in [1.807, 2.05) is 20.0 Å². The Kier molecular flexibility index (Phi) is 4.63. The maximum Gasteiger partial charge on any atom is 0.416 e. The van der Waals surface area contributed by atoms with Crippen molar-refractivity contribution in [3.05, 3.63) is 53.9 Å². The second-order valence-corrected chi connectivity index (χ2v) is 4.99. The Labute approximate surface area is 122 Å². The molecule has 0 bridgehead atoms. The molecule has 2 rings (SSSR count). The molecule has 0 N–H and O–H groups in total. The molecular formula is C16H17F3N2. The number of rotatable bonds is 4. The van der Waals surface area contributed by atoms with Crippen LogP contribution in [0, 0.1) is 0 Å². The van der Waals surface area contributed by atoms with Gasteiger partial charge in [0.15, 0.2) is 0 Å². The van der Waals surface area contributed by atoms with Crippen LogP contribution in [0.1, 0.15) is 18.1 Å². The lowest BCUT2D eigenvalue weighted by Gasteiger charge is -2.14. The first-order chi connectivity index (χ1) is 9.90. The van der Waals surface area contributed by atoms with Gasteiger partial charge in [-0.25, -0.2) is 0 Å². The van der Waals surface area contributed by atoms with Crippen molar-refractivity contribution in [2.45, 2.75) is 19.6 Å². The van der Waals surface area contributed by atoms with Gasteiger partial charge in [0.05, 0.1) is 5.56 Å². The predicted octanol–water partition coefficient (Wildman–Crippen LogP) is 4.22. The molecule has 0 amide bonds. The largest absolute Gasteiger partial charge is 0.416 e. The zero-order valence-corrected chi connectivity index (χ0v) is 12.0. The number of alkyl halides is 3. The standard InChI is InChI=1S/C16H17F3N2/c1-3-21(2)11-12-7-14(10-20-9-12)13-5-4-6-15(8-13)16(17,18)19/h4-10H,3,11H2,1-2H3. The van der Waals surface area contributed by atoms with Crippen molar-refractivity contribution >= 4 is 0 Å². The SMILES string of the molecule is CCN(C)Cc1cncc(-c2cccc(C(F)(F)F)c2)c1. The van der Waals surface area contributed by atoms with Crippen molar-refractivity contribution < 1.29 is 13.2 Å². The van der Waals surface area contributed by atoms with E-state index in [-0.39, 0.29) is 0 Å². The molecule has 21 heavy (non-hydrogen) atoms. The van der Waals surface area contributed by atoms with Crippen LogP contribution in [-0.4, -0.2) is 23.5 Å². The molecule has 0 radical (unpaired) electrons. The highest BCUT2D eigenvalue weighted by Gasteiger charge is 2.30. The van der Waals surface area contributed by atoms with Crippen molar-refractivity contribution in [3.63, 3.8) is 0 Å². The van der Waals surface area contributed by atoms with Crippen molar-refractivity contribution in [2.75, 3.05) is 13.6 Å². The second kappa shape index (κ2) is 6.26. The third-order valence-corrected chi connectivity index (χ3v) is 3.31. The van der Waals surface area contributed by atoms with E-state index in [0.29, 0.717) is 11.1 Å². The van der Waals surface area contributed by atoms with Gasteiger partial charge in [0.25, 0.3) is 0 Å².